The summed E-state index contributed by atoms with van der Waals surface area (Å²) < 4.78 is 2.19. The quantitative estimate of drug-likeness (QED) is 0.794. The molecule has 2 aromatic heterocycles. The fraction of sp³-hybridized carbons (Fsp3) is 0.417. The van der Waals surface area contributed by atoms with Gasteiger partial charge in [-0.25, -0.2) is 0 Å². The van der Waals surface area contributed by atoms with Gasteiger partial charge in [-0.2, -0.15) is 5.10 Å². The number of hydrogen-bond donors (Lipinski definition) is 2. The smallest absolute Gasteiger partial charge is 0.256 e. The molecule has 0 saturated heterocycles. The third kappa shape index (κ3) is 2.52. The number of aryl methyl sites for hydroxylation is 1. The summed E-state index contributed by atoms with van der Waals surface area (Å²) in [6.45, 7) is 2.29. The van der Waals surface area contributed by atoms with Gasteiger partial charge in [-0.15, -0.1) is 0 Å². The van der Waals surface area contributed by atoms with E-state index in [0.717, 1.165) is 36.5 Å². The lowest BCUT2D eigenvalue weighted by Gasteiger charge is -2.26. The lowest BCUT2D eigenvalue weighted by molar-refractivity contribution is 0.238. The van der Waals surface area contributed by atoms with Gasteiger partial charge >= 0.3 is 0 Å². The maximum absolute atomic E-state index is 11.9. The minimum Gasteiger partial charge on any atom is -0.335 e. The third-order valence-electron chi connectivity index (χ3n) is 3.34. The molecule has 1 aliphatic heterocycles. The van der Waals surface area contributed by atoms with Crippen molar-refractivity contribution < 1.29 is 0 Å². The Bertz CT molecular complexity index is 713. The van der Waals surface area contributed by atoms with E-state index < -0.39 is 0 Å². The summed E-state index contributed by atoms with van der Waals surface area (Å²) >= 11 is 4.98. The maximum Gasteiger partial charge on any atom is 0.256 e. The SMILES string of the molecule is Cn1ccc(CN2CCc3[nH]c(=S)[nH]c(=O)c3C2)n1. The fourth-order valence-electron chi connectivity index (χ4n) is 2.42. The van der Waals surface area contributed by atoms with Crippen LogP contribution >= 0.6 is 12.2 Å². The molecule has 6 nitrogen and oxygen atoms in total. The molecule has 19 heavy (non-hydrogen) atoms. The Morgan fingerprint density at radius 3 is 3.05 bits per heavy atom. The van der Waals surface area contributed by atoms with E-state index >= 15 is 0 Å². The van der Waals surface area contributed by atoms with Crippen LogP contribution in [-0.2, 0) is 26.6 Å². The number of rotatable bonds is 2. The fourth-order valence-corrected chi connectivity index (χ4v) is 2.64. The largest absolute Gasteiger partial charge is 0.335 e. The van der Waals surface area contributed by atoms with Crippen molar-refractivity contribution in [3.05, 3.63) is 44.3 Å². The molecule has 0 saturated carbocycles. The molecule has 0 spiro atoms. The van der Waals surface area contributed by atoms with Gasteiger partial charge in [-0.05, 0) is 18.3 Å². The van der Waals surface area contributed by atoms with Gasteiger partial charge in [-0.3, -0.25) is 19.4 Å². The first-order valence-corrected chi connectivity index (χ1v) is 6.58. The van der Waals surface area contributed by atoms with Gasteiger partial charge < -0.3 is 4.98 Å². The van der Waals surface area contributed by atoms with Crippen LogP contribution in [0.5, 0.6) is 0 Å². The molecular weight excluding hydrogens is 262 g/mol. The van der Waals surface area contributed by atoms with Gasteiger partial charge in [-0.1, -0.05) is 0 Å². The Hall–Kier alpha value is -1.73. The van der Waals surface area contributed by atoms with E-state index in [1.807, 2.05) is 19.3 Å². The second-order valence-electron chi connectivity index (χ2n) is 4.81. The molecule has 1 aliphatic rings. The Morgan fingerprint density at radius 2 is 2.32 bits per heavy atom. The average molecular weight is 277 g/mol. The second kappa shape index (κ2) is 4.75. The van der Waals surface area contributed by atoms with Crippen molar-refractivity contribution in [2.24, 2.45) is 7.05 Å². The zero-order valence-electron chi connectivity index (χ0n) is 10.6. The summed E-state index contributed by atoms with van der Waals surface area (Å²) in [6, 6.07) is 2.00. The van der Waals surface area contributed by atoms with Gasteiger partial charge in [0.2, 0.25) is 0 Å². The number of nitrogens with zero attached hydrogens (tertiary/aromatic N) is 3. The van der Waals surface area contributed by atoms with Gasteiger partial charge in [0.1, 0.15) is 0 Å². The summed E-state index contributed by atoms with van der Waals surface area (Å²) in [6.07, 6.45) is 2.74. The maximum atomic E-state index is 11.9. The molecule has 0 aliphatic carbocycles. The van der Waals surface area contributed by atoms with Crippen molar-refractivity contribution in [1.29, 1.82) is 0 Å². The Balaban J connectivity index is 1.82. The normalized spacial score (nSPS) is 15.4. The summed E-state index contributed by atoms with van der Waals surface area (Å²) in [5.74, 6) is 0. The van der Waals surface area contributed by atoms with E-state index in [0.29, 0.717) is 11.3 Å². The number of aromatic amines is 2. The van der Waals surface area contributed by atoms with E-state index in [2.05, 4.69) is 20.0 Å². The lowest BCUT2D eigenvalue weighted by Crippen LogP contribution is -2.35. The van der Waals surface area contributed by atoms with Crippen LogP contribution in [0.2, 0.25) is 0 Å². The zero-order chi connectivity index (χ0) is 13.4. The molecule has 3 rings (SSSR count). The topological polar surface area (TPSA) is 69.7 Å². The standard InChI is InChI=1S/C12H15N5OS/c1-16-4-2-8(15-16)6-17-5-3-10-9(7-17)11(18)14-12(19)13-10/h2,4H,3,5-7H2,1H3,(H2,13,14,18,19). The summed E-state index contributed by atoms with van der Waals surface area (Å²) in [4.78, 5) is 19.8. The Morgan fingerprint density at radius 1 is 1.47 bits per heavy atom. The molecule has 0 fully saturated rings. The minimum absolute atomic E-state index is 0.0792. The predicted octanol–water partition coefficient (Wildman–Crippen LogP) is 0.724. The van der Waals surface area contributed by atoms with Crippen LogP contribution < -0.4 is 5.56 Å². The summed E-state index contributed by atoms with van der Waals surface area (Å²) in [5.41, 5.74) is 2.69. The van der Waals surface area contributed by atoms with Crippen LogP contribution in [0.3, 0.4) is 0 Å². The molecule has 0 atom stereocenters. The molecule has 0 amide bonds. The van der Waals surface area contributed by atoms with Gasteiger partial charge in [0.25, 0.3) is 5.56 Å². The highest BCUT2D eigenvalue weighted by Gasteiger charge is 2.20. The Labute approximate surface area is 115 Å². The van der Waals surface area contributed by atoms with Crippen LogP contribution in [0.15, 0.2) is 17.1 Å². The highest BCUT2D eigenvalue weighted by atomic mass is 32.1. The van der Waals surface area contributed by atoms with Crippen molar-refractivity contribution in [3.63, 3.8) is 0 Å². The second-order valence-corrected chi connectivity index (χ2v) is 5.22. The Kier molecular flexibility index (Phi) is 3.08. The number of aromatic nitrogens is 4. The molecule has 0 radical (unpaired) electrons. The van der Waals surface area contributed by atoms with Gasteiger partial charge in [0.05, 0.1) is 11.3 Å². The van der Waals surface area contributed by atoms with E-state index in [-0.39, 0.29) is 5.56 Å². The average Bonchev–Trinajstić information content (AvgIpc) is 2.75. The highest BCUT2D eigenvalue weighted by Crippen LogP contribution is 2.15. The van der Waals surface area contributed by atoms with Crippen molar-refractivity contribution in [1.82, 2.24) is 24.6 Å². The van der Waals surface area contributed by atoms with E-state index in [9.17, 15) is 4.79 Å². The van der Waals surface area contributed by atoms with E-state index in [1.54, 1.807) is 4.68 Å². The monoisotopic (exact) mass is 277 g/mol. The van der Waals surface area contributed by atoms with Crippen LogP contribution in [0.25, 0.3) is 0 Å². The molecular formula is C12H15N5OS. The molecule has 2 N–H and O–H groups in total. The molecule has 0 unspecified atom stereocenters. The van der Waals surface area contributed by atoms with E-state index in [1.165, 1.54) is 0 Å². The van der Waals surface area contributed by atoms with Crippen molar-refractivity contribution in [2.75, 3.05) is 6.54 Å². The number of H-pyrrole nitrogens is 2. The lowest BCUT2D eigenvalue weighted by atomic mass is 10.1. The molecule has 7 heteroatoms. The molecule has 0 aromatic carbocycles. The first-order valence-electron chi connectivity index (χ1n) is 6.17. The third-order valence-corrected chi connectivity index (χ3v) is 3.55. The van der Waals surface area contributed by atoms with Crippen LogP contribution in [-0.4, -0.2) is 31.2 Å². The van der Waals surface area contributed by atoms with Crippen molar-refractivity contribution in [3.8, 4) is 0 Å². The molecule has 0 bridgehead atoms. The predicted molar refractivity (Wildman–Crippen MR) is 73.3 cm³/mol. The first-order chi connectivity index (χ1) is 9.11. The summed E-state index contributed by atoms with van der Waals surface area (Å²) in [7, 11) is 1.90. The van der Waals surface area contributed by atoms with Gasteiger partial charge in [0.15, 0.2) is 4.77 Å². The van der Waals surface area contributed by atoms with Crippen molar-refractivity contribution in [2.45, 2.75) is 19.5 Å². The minimum atomic E-state index is -0.0792. The summed E-state index contributed by atoms with van der Waals surface area (Å²) in [5, 5.41) is 4.36. The number of hydrogen-bond acceptors (Lipinski definition) is 4. The zero-order valence-corrected chi connectivity index (χ0v) is 11.5. The van der Waals surface area contributed by atoms with Gasteiger partial charge in [0, 0.05) is 45.0 Å². The molecule has 2 aromatic rings. The van der Waals surface area contributed by atoms with Crippen molar-refractivity contribution >= 4 is 12.2 Å². The number of nitrogens with one attached hydrogen (secondary N) is 2. The van der Waals surface area contributed by atoms with Crippen LogP contribution in [0.1, 0.15) is 17.0 Å². The molecule has 3 heterocycles. The number of fused-ring (bicyclic) bond motifs is 1. The molecule has 100 valence electrons. The highest BCUT2D eigenvalue weighted by molar-refractivity contribution is 7.71. The van der Waals surface area contributed by atoms with Crippen LogP contribution in [0, 0.1) is 4.77 Å². The first kappa shape index (κ1) is 12.3. The van der Waals surface area contributed by atoms with Crippen LogP contribution in [0.4, 0.5) is 0 Å². The van der Waals surface area contributed by atoms with E-state index in [4.69, 9.17) is 12.2 Å².